The Balaban J connectivity index is 2.00. The van der Waals surface area contributed by atoms with E-state index in [9.17, 15) is 0 Å². The molecule has 0 amide bonds. The highest BCUT2D eigenvalue weighted by molar-refractivity contribution is 9.10. The molecule has 0 fully saturated rings. The van der Waals surface area contributed by atoms with Crippen LogP contribution in [0.25, 0.3) is 16.5 Å². The van der Waals surface area contributed by atoms with Gasteiger partial charge in [0.2, 0.25) is 0 Å². The van der Waals surface area contributed by atoms with Gasteiger partial charge in [-0.2, -0.15) is 0 Å². The van der Waals surface area contributed by atoms with Crippen LogP contribution >= 0.6 is 27.3 Å². The first kappa shape index (κ1) is 16.5. The van der Waals surface area contributed by atoms with Crippen molar-refractivity contribution in [3.05, 3.63) is 51.3 Å². The van der Waals surface area contributed by atoms with Gasteiger partial charge < -0.3 is 5.32 Å². The maximum absolute atomic E-state index is 3.48. The molecule has 0 saturated heterocycles. The topological polar surface area (TPSA) is 12.0 Å². The van der Waals surface area contributed by atoms with Crippen molar-refractivity contribution in [2.45, 2.75) is 20.8 Å². The number of rotatable bonds is 6. The molecular weight excluding hydrogens is 342 g/mol. The molecule has 3 heteroatoms. The summed E-state index contributed by atoms with van der Waals surface area (Å²) in [5.41, 5.74) is 2.65. The van der Waals surface area contributed by atoms with E-state index < -0.39 is 0 Å². The maximum atomic E-state index is 3.48. The molecule has 2 rings (SSSR count). The molecular formula is C18H22BrNS. The zero-order valence-corrected chi connectivity index (χ0v) is 15.2. The fourth-order valence-electron chi connectivity index (χ4n) is 2.05. The van der Waals surface area contributed by atoms with Crippen LogP contribution in [0.2, 0.25) is 0 Å². The molecule has 0 atom stereocenters. The average molecular weight is 364 g/mol. The van der Waals surface area contributed by atoms with E-state index in [-0.39, 0.29) is 0 Å². The summed E-state index contributed by atoms with van der Waals surface area (Å²) in [4.78, 5) is 2.63. The minimum Gasteiger partial charge on any atom is -0.313 e. The fraction of sp³-hybridized carbons (Fsp3) is 0.333. The molecule has 0 unspecified atom stereocenters. The van der Waals surface area contributed by atoms with Gasteiger partial charge in [-0.1, -0.05) is 47.5 Å². The van der Waals surface area contributed by atoms with Gasteiger partial charge in [-0.25, -0.2) is 0 Å². The average Bonchev–Trinajstić information content (AvgIpc) is 2.87. The van der Waals surface area contributed by atoms with Gasteiger partial charge in [0.05, 0.1) is 0 Å². The molecule has 112 valence electrons. The monoisotopic (exact) mass is 363 g/mol. The molecule has 0 spiro atoms. The Kier molecular flexibility index (Phi) is 6.22. The molecule has 0 aliphatic carbocycles. The van der Waals surface area contributed by atoms with E-state index >= 15 is 0 Å². The molecule has 1 N–H and O–H groups in total. The summed E-state index contributed by atoms with van der Waals surface area (Å²) in [5.74, 6) is 0.698. The lowest BCUT2D eigenvalue weighted by atomic mass is 10.2. The van der Waals surface area contributed by atoms with Gasteiger partial charge in [-0.05, 0) is 55.3 Å². The maximum Gasteiger partial charge on any atom is 0.0349 e. The minimum absolute atomic E-state index is 0.698. The summed E-state index contributed by atoms with van der Waals surface area (Å²) in [5, 5.41) is 3.48. The standard InChI is InChI=1S/C18H22BrNS/c1-13(2)11-20-12-14(3)10-17-8-9-18(21-17)15-4-6-16(19)7-5-15/h4-10,13,20H,11-12H2,1-3H3. The first-order valence-electron chi connectivity index (χ1n) is 7.28. The first-order valence-corrected chi connectivity index (χ1v) is 8.89. The van der Waals surface area contributed by atoms with Gasteiger partial charge >= 0.3 is 0 Å². The third kappa shape index (κ3) is 5.42. The van der Waals surface area contributed by atoms with Crippen LogP contribution in [0.4, 0.5) is 0 Å². The van der Waals surface area contributed by atoms with Crippen molar-refractivity contribution >= 4 is 33.3 Å². The summed E-state index contributed by atoms with van der Waals surface area (Å²) in [6.07, 6.45) is 2.28. The summed E-state index contributed by atoms with van der Waals surface area (Å²) < 4.78 is 1.12. The highest BCUT2D eigenvalue weighted by atomic mass is 79.9. The Morgan fingerprint density at radius 2 is 1.90 bits per heavy atom. The van der Waals surface area contributed by atoms with E-state index in [1.165, 1.54) is 20.9 Å². The summed E-state index contributed by atoms with van der Waals surface area (Å²) in [6, 6.07) is 12.9. The van der Waals surface area contributed by atoms with Crippen molar-refractivity contribution in [2.24, 2.45) is 5.92 Å². The number of nitrogens with one attached hydrogen (secondary N) is 1. The molecule has 0 aliphatic heterocycles. The number of benzene rings is 1. The Labute approximate surface area is 140 Å². The molecule has 1 aromatic carbocycles. The molecule has 1 aromatic heterocycles. The lowest BCUT2D eigenvalue weighted by molar-refractivity contribution is 0.572. The van der Waals surface area contributed by atoms with E-state index in [0.717, 1.165) is 17.6 Å². The van der Waals surface area contributed by atoms with Gasteiger partial charge in [0.15, 0.2) is 0 Å². The number of hydrogen-bond donors (Lipinski definition) is 1. The van der Waals surface area contributed by atoms with Crippen LogP contribution in [0.5, 0.6) is 0 Å². The van der Waals surface area contributed by atoms with Gasteiger partial charge in [0, 0.05) is 20.8 Å². The summed E-state index contributed by atoms with van der Waals surface area (Å²) in [6.45, 7) is 8.68. The summed E-state index contributed by atoms with van der Waals surface area (Å²) in [7, 11) is 0. The van der Waals surface area contributed by atoms with Crippen LogP contribution in [0, 0.1) is 5.92 Å². The third-order valence-electron chi connectivity index (χ3n) is 3.10. The Hall–Kier alpha value is -0.900. The van der Waals surface area contributed by atoms with Crippen LogP contribution in [-0.2, 0) is 0 Å². The van der Waals surface area contributed by atoms with Crippen molar-refractivity contribution < 1.29 is 0 Å². The Morgan fingerprint density at radius 3 is 2.57 bits per heavy atom. The molecule has 1 heterocycles. The normalized spacial score (nSPS) is 12.1. The van der Waals surface area contributed by atoms with Gasteiger partial charge in [0.1, 0.15) is 0 Å². The SMILES string of the molecule is CC(=Cc1ccc(-c2ccc(Br)cc2)s1)CNCC(C)C. The van der Waals surface area contributed by atoms with Crippen LogP contribution in [-0.4, -0.2) is 13.1 Å². The number of thiophene rings is 1. The molecule has 21 heavy (non-hydrogen) atoms. The molecule has 0 aliphatic rings. The molecule has 1 nitrogen and oxygen atoms in total. The van der Waals surface area contributed by atoms with E-state index in [1.54, 1.807) is 0 Å². The van der Waals surface area contributed by atoms with Crippen molar-refractivity contribution in [3.63, 3.8) is 0 Å². The second-order valence-corrected chi connectivity index (χ2v) is 7.76. The van der Waals surface area contributed by atoms with Crippen molar-refractivity contribution in [1.82, 2.24) is 5.32 Å². The largest absolute Gasteiger partial charge is 0.313 e. The van der Waals surface area contributed by atoms with Crippen molar-refractivity contribution in [3.8, 4) is 10.4 Å². The van der Waals surface area contributed by atoms with E-state index in [2.05, 4.69) is 84.5 Å². The van der Waals surface area contributed by atoms with Gasteiger partial charge in [0.25, 0.3) is 0 Å². The van der Waals surface area contributed by atoms with Gasteiger partial charge in [-0.15, -0.1) is 11.3 Å². The lowest BCUT2D eigenvalue weighted by Crippen LogP contribution is -2.21. The molecule has 0 bridgehead atoms. The van der Waals surface area contributed by atoms with Crippen molar-refractivity contribution in [1.29, 1.82) is 0 Å². The Morgan fingerprint density at radius 1 is 1.19 bits per heavy atom. The predicted octanol–water partition coefficient (Wildman–Crippen LogP) is 5.83. The molecule has 0 radical (unpaired) electrons. The quantitative estimate of drug-likeness (QED) is 0.680. The lowest BCUT2D eigenvalue weighted by Gasteiger charge is -2.07. The van der Waals surface area contributed by atoms with Gasteiger partial charge in [-0.3, -0.25) is 0 Å². The van der Waals surface area contributed by atoms with Crippen LogP contribution in [0.15, 0.2) is 46.4 Å². The number of hydrogen-bond acceptors (Lipinski definition) is 2. The minimum atomic E-state index is 0.698. The third-order valence-corrected chi connectivity index (χ3v) is 4.71. The Bertz CT molecular complexity index is 596. The first-order chi connectivity index (χ1) is 10.0. The zero-order chi connectivity index (χ0) is 15.2. The zero-order valence-electron chi connectivity index (χ0n) is 12.8. The van der Waals surface area contributed by atoms with Crippen LogP contribution in [0.1, 0.15) is 25.6 Å². The predicted molar refractivity (Wildman–Crippen MR) is 98.8 cm³/mol. The highest BCUT2D eigenvalue weighted by Crippen LogP contribution is 2.30. The van der Waals surface area contributed by atoms with Crippen LogP contribution < -0.4 is 5.32 Å². The second kappa shape index (κ2) is 7.92. The van der Waals surface area contributed by atoms with Crippen LogP contribution in [0.3, 0.4) is 0 Å². The van der Waals surface area contributed by atoms with Crippen molar-refractivity contribution in [2.75, 3.05) is 13.1 Å². The van der Waals surface area contributed by atoms with E-state index in [4.69, 9.17) is 0 Å². The molecule has 2 aromatic rings. The van der Waals surface area contributed by atoms with E-state index in [1.807, 2.05) is 11.3 Å². The second-order valence-electron chi connectivity index (χ2n) is 5.72. The molecule has 0 saturated carbocycles. The number of halogens is 1. The summed E-state index contributed by atoms with van der Waals surface area (Å²) >= 11 is 5.32. The highest BCUT2D eigenvalue weighted by Gasteiger charge is 2.02. The fourth-order valence-corrected chi connectivity index (χ4v) is 3.36. The smallest absolute Gasteiger partial charge is 0.0349 e. The van der Waals surface area contributed by atoms with E-state index in [0.29, 0.717) is 5.92 Å².